The summed E-state index contributed by atoms with van der Waals surface area (Å²) < 4.78 is 13.3. The first-order valence-electron chi connectivity index (χ1n) is 5.42. The van der Waals surface area contributed by atoms with Gasteiger partial charge >= 0.3 is 11.9 Å². The second kappa shape index (κ2) is 7.85. The molecular weight excluding hydrogens is 273 g/mol. The first kappa shape index (κ1) is 17.5. The number of aliphatic carboxylic acids is 2. The maximum absolute atomic E-state index is 13.3. The molecule has 0 aromatic heterocycles. The number of nitrogens with one attached hydrogen (secondary N) is 1. The van der Waals surface area contributed by atoms with E-state index in [1.165, 1.54) is 18.2 Å². The fraction of sp³-hybridized carbons (Fsp3) is 0.250. The van der Waals surface area contributed by atoms with Crippen molar-refractivity contribution in [2.24, 2.45) is 0 Å². The van der Waals surface area contributed by atoms with Gasteiger partial charge in [-0.25, -0.2) is 9.18 Å². The van der Waals surface area contributed by atoms with Gasteiger partial charge in [0.05, 0.1) is 5.56 Å². The third-order valence-electron chi connectivity index (χ3n) is 2.37. The molecule has 1 aromatic rings. The number of carboxylic acid groups (broad SMARTS) is 2. The molecule has 0 aliphatic carbocycles. The molecule has 110 valence electrons. The van der Waals surface area contributed by atoms with E-state index >= 15 is 0 Å². The van der Waals surface area contributed by atoms with Crippen LogP contribution in [0.4, 0.5) is 4.39 Å². The zero-order valence-electron chi connectivity index (χ0n) is 10.3. The van der Waals surface area contributed by atoms with Crippen LogP contribution in [0.1, 0.15) is 23.2 Å². The van der Waals surface area contributed by atoms with Crippen molar-refractivity contribution >= 4 is 17.8 Å². The van der Waals surface area contributed by atoms with Crippen molar-refractivity contribution in [2.45, 2.75) is 18.9 Å². The Hall–Kier alpha value is -2.48. The van der Waals surface area contributed by atoms with E-state index in [1.807, 2.05) is 0 Å². The molecule has 1 amide bonds. The van der Waals surface area contributed by atoms with E-state index in [1.54, 1.807) is 0 Å². The van der Waals surface area contributed by atoms with Gasteiger partial charge in [-0.2, -0.15) is 0 Å². The molecule has 0 fully saturated rings. The number of carboxylic acids is 2. The fourth-order valence-electron chi connectivity index (χ4n) is 1.41. The highest BCUT2D eigenvalue weighted by Crippen LogP contribution is 2.07. The molecule has 0 radical (unpaired) electrons. The quantitative estimate of drug-likeness (QED) is 0.679. The molecule has 8 heteroatoms. The molecule has 0 saturated heterocycles. The summed E-state index contributed by atoms with van der Waals surface area (Å²) in [6.45, 7) is 0. The van der Waals surface area contributed by atoms with Crippen LogP contribution in [-0.4, -0.2) is 39.6 Å². The lowest BCUT2D eigenvalue weighted by Gasteiger charge is -2.13. The Balaban J connectivity index is 0.00000361. The van der Waals surface area contributed by atoms with E-state index in [0.717, 1.165) is 6.07 Å². The summed E-state index contributed by atoms with van der Waals surface area (Å²) in [5.74, 6) is -4.21. The Kier molecular flexibility index (Phi) is 6.87. The molecule has 0 aliphatic heterocycles. The lowest BCUT2D eigenvalue weighted by atomic mass is 10.1. The molecule has 0 saturated carbocycles. The Morgan fingerprint density at radius 3 is 2.30 bits per heavy atom. The zero-order chi connectivity index (χ0) is 14.4. The summed E-state index contributed by atoms with van der Waals surface area (Å²) in [4.78, 5) is 32.9. The van der Waals surface area contributed by atoms with Crippen molar-refractivity contribution in [2.75, 3.05) is 0 Å². The van der Waals surface area contributed by atoms with Crippen LogP contribution in [0.15, 0.2) is 24.3 Å². The normalized spacial score (nSPS) is 11.1. The van der Waals surface area contributed by atoms with E-state index in [2.05, 4.69) is 5.32 Å². The average molecular weight is 287 g/mol. The number of hydrogen-bond acceptors (Lipinski definition) is 3. The number of benzene rings is 1. The molecule has 1 aromatic carbocycles. The van der Waals surface area contributed by atoms with Crippen LogP contribution in [0.25, 0.3) is 0 Å². The van der Waals surface area contributed by atoms with Crippen LogP contribution in [-0.2, 0) is 9.59 Å². The average Bonchev–Trinajstić information content (AvgIpc) is 2.34. The Labute approximate surface area is 113 Å². The smallest absolute Gasteiger partial charge is 0.326 e. The van der Waals surface area contributed by atoms with E-state index in [4.69, 9.17) is 10.2 Å². The van der Waals surface area contributed by atoms with Crippen LogP contribution in [0.3, 0.4) is 0 Å². The van der Waals surface area contributed by atoms with Crippen LogP contribution in [0.2, 0.25) is 0 Å². The van der Waals surface area contributed by atoms with Gasteiger partial charge in [-0.05, 0) is 18.6 Å². The summed E-state index contributed by atoms with van der Waals surface area (Å²) in [5, 5.41) is 19.4. The van der Waals surface area contributed by atoms with Crippen molar-refractivity contribution in [1.29, 1.82) is 0 Å². The molecule has 0 heterocycles. The minimum absolute atomic E-state index is 0. The number of amides is 1. The van der Waals surface area contributed by atoms with Gasteiger partial charge in [0.1, 0.15) is 11.9 Å². The van der Waals surface area contributed by atoms with Gasteiger partial charge in [-0.1, -0.05) is 12.1 Å². The van der Waals surface area contributed by atoms with Crippen molar-refractivity contribution in [3.05, 3.63) is 35.6 Å². The lowest BCUT2D eigenvalue weighted by Crippen LogP contribution is -2.41. The minimum Gasteiger partial charge on any atom is -0.481 e. The van der Waals surface area contributed by atoms with Crippen LogP contribution < -0.4 is 5.32 Å². The van der Waals surface area contributed by atoms with Crippen molar-refractivity contribution < 1.29 is 34.5 Å². The molecule has 20 heavy (non-hydrogen) atoms. The number of carbonyl (C=O) groups excluding carboxylic acids is 1. The van der Waals surface area contributed by atoms with Gasteiger partial charge < -0.3 is 21.0 Å². The number of hydrogen-bond donors (Lipinski definition) is 3. The first-order chi connectivity index (χ1) is 8.91. The third kappa shape index (κ3) is 5.02. The van der Waals surface area contributed by atoms with Gasteiger partial charge in [0, 0.05) is 6.42 Å². The molecule has 1 rings (SSSR count). The summed E-state index contributed by atoms with van der Waals surface area (Å²) in [7, 11) is 0. The summed E-state index contributed by atoms with van der Waals surface area (Å²) in [5.41, 5.74) is -0.288. The molecule has 1 atom stereocenters. The van der Waals surface area contributed by atoms with E-state index in [-0.39, 0.29) is 17.5 Å². The minimum atomic E-state index is -1.37. The summed E-state index contributed by atoms with van der Waals surface area (Å²) >= 11 is 0. The topological polar surface area (TPSA) is 135 Å². The van der Waals surface area contributed by atoms with Gasteiger partial charge in [0.25, 0.3) is 5.91 Å². The highest BCUT2D eigenvalue weighted by Gasteiger charge is 2.22. The Morgan fingerprint density at radius 2 is 1.80 bits per heavy atom. The van der Waals surface area contributed by atoms with Crippen LogP contribution in [0.5, 0.6) is 0 Å². The van der Waals surface area contributed by atoms with Gasteiger partial charge in [0.15, 0.2) is 0 Å². The summed E-state index contributed by atoms with van der Waals surface area (Å²) in [6, 6.07) is 3.74. The number of carbonyl (C=O) groups is 3. The monoisotopic (exact) mass is 287 g/mol. The van der Waals surface area contributed by atoms with E-state index < -0.39 is 36.1 Å². The first-order valence-corrected chi connectivity index (χ1v) is 5.42. The second-order valence-corrected chi connectivity index (χ2v) is 3.78. The number of halogens is 1. The largest absolute Gasteiger partial charge is 0.481 e. The zero-order valence-corrected chi connectivity index (χ0v) is 10.3. The number of rotatable bonds is 6. The Morgan fingerprint density at radius 1 is 1.20 bits per heavy atom. The molecule has 5 N–H and O–H groups in total. The molecule has 0 bridgehead atoms. The van der Waals surface area contributed by atoms with Crippen molar-refractivity contribution in [3.8, 4) is 0 Å². The lowest BCUT2D eigenvalue weighted by molar-refractivity contribution is -0.140. The van der Waals surface area contributed by atoms with E-state index in [9.17, 15) is 18.8 Å². The SMILES string of the molecule is O.O=C(O)CC[C@H](NC(=O)c1ccccc1F)C(=O)O. The molecule has 0 unspecified atom stereocenters. The molecule has 0 spiro atoms. The van der Waals surface area contributed by atoms with Gasteiger partial charge in [0.2, 0.25) is 0 Å². The van der Waals surface area contributed by atoms with Crippen molar-refractivity contribution in [3.63, 3.8) is 0 Å². The van der Waals surface area contributed by atoms with Gasteiger partial charge in [-0.15, -0.1) is 0 Å². The maximum atomic E-state index is 13.3. The summed E-state index contributed by atoms with van der Waals surface area (Å²) in [6.07, 6.45) is -0.681. The highest BCUT2D eigenvalue weighted by atomic mass is 19.1. The maximum Gasteiger partial charge on any atom is 0.326 e. The fourth-order valence-corrected chi connectivity index (χ4v) is 1.41. The second-order valence-electron chi connectivity index (χ2n) is 3.78. The standard InChI is InChI=1S/C12H12FNO5.H2O/c13-8-4-2-1-3-7(8)11(17)14-9(12(18)19)5-6-10(15)16;/h1-4,9H,5-6H2,(H,14,17)(H,15,16)(H,18,19);1H2/t9-;/m0./s1. The molecule has 0 aliphatic rings. The predicted molar refractivity (Wildman–Crippen MR) is 65.8 cm³/mol. The van der Waals surface area contributed by atoms with Gasteiger partial charge in [-0.3, -0.25) is 9.59 Å². The van der Waals surface area contributed by atoms with E-state index in [0.29, 0.717) is 0 Å². The van der Waals surface area contributed by atoms with Crippen LogP contribution in [0, 0.1) is 5.82 Å². The van der Waals surface area contributed by atoms with Crippen LogP contribution >= 0.6 is 0 Å². The molecule has 7 nitrogen and oxygen atoms in total. The molecular formula is C12H14FNO6. The predicted octanol–water partition coefficient (Wildman–Crippen LogP) is 0.0488. The highest BCUT2D eigenvalue weighted by molar-refractivity contribution is 5.96. The Bertz CT molecular complexity index is 504. The van der Waals surface area contributed by atoms with Crippen molar-refractivity contribution in [1.82, 2.24) is 5.32 Å². The third-order valence-corrected chi connectivity index (χ3v) is 2.37.